The number of sulfonamides is 1. The van der Waals surface area contributed by atoms with Crippen LogP contribution < -0.4 is 5.32 Å². The van der Waals surface area contributed by atoms with Gasteiger partial charge in [-0.3, -0.25) is 4.98 Å². The lowest BCUT2D eigenvalue weighted by Crippen LogP contribution is -2.41. The van der Waals surface area contributed by atoms with Crippen molar-refractivity contribution < 1.29 is 8.42 Å². The normalized spacial score (nSPS) is 25.6. The second kappa shape index (κ2) is 5.54. The van der Waals surface area contributed by atoms with Crippen LogP contribution in [0, 0.1) is 12.8 Å². The zero-order valence-corrected chi connectivity index (χ0v) is 14.0. The minimum Gasteiger partial charge on any atom is -0.312 e. The molecule has 0 unspecified atom stereocenters. The minimum absolute atomic E-state index is 0.302. The zero-order chi connectivity index (χ0) is 16.0. The van der Waals surface area contributed by atoms with E-state index in [1.807, 2.05) is 13.0 Å². The Kier molecular flexibility index (Phi) is 3.63. The van der Waals surface area contributed by atoms with Gasteiger partial charge in [0.15, 0.2) is 0 Å². The van der Waals surface area contributed by atoms with Crippen molar-refractivity contribution in [2.45, 2.75) is 30.7 Å². The van der Waals surface area contributed by atoms with Gasteiger partial charge in [0.05, 0.1) is 4.90 Å². The summed E-state index contributed by atoms with van der Waals surface area (Å²) in [5, 5.41) is 5.14. The molecular formula is C17H21N3O2S. The summed E-state index contributed by atoms with van der Waals surface area (Å²) in [4.78, 5) is 4.58. The van der Waals surface area contributed by atoms with Gasteiger partial charge in [0.1, 0.15) is 0 Å². The van der Waals surface area contributed by atoms with Crippen LogP contribution in [-0.4, -0.2) is 43.4 Å². The first-order valence-corrected chi connectivity index (χ1v) is 9.58. The Labute approximate surface area is 136 Å². The molecule has 0 bridgehead atoms. The van der Waals surface area contributed by atoms with Crippen LogP contribution in [0.5, 0.6) is 0 Å². The van der Waals surface area contributed by atoms with Crippen LogP contribution in [0.25, 0.3) is 10.8 Å². The Morgan fingerprint density at radius 3 is 2.96 bits per heavy atom. The first-order valence-electron chi connectivity index (χ1n) is 8.14. The van der Waals surface area contributed by atoms with E-state index >= 15 is 0 Å². The summed E-state index contributed by atoms with van der Waals surface area (Å²) in [5.41, 5.74) is 0.899. The van der Waals surface area contributed by atoms with E-state index < -0.39 is 10.0 Å². The van der Waals surface area contributed by atoms with Crippen molar-refractivity contribution in [3.05, 3.63) is 36.2 Å². The molecule has 2 saturated heterocycles. The lowest BCUT2D eigenvalue weighted by molar-refractivity contribution is 0.339. The van der Waals surface area contributed by atoms with Gasteiger partial charge < -0.3 is 5.32 Å². The maximum Gasteiger partial charge on any atom is 0.243 e. The lowest BCUT2D eigenvalue weighted by atomic mass is 9.94. The van der Waals surface area contributed by atoms with Gasteiger partial charge in [-0.05, 0) is 43.9 Å². The van der Waals surface area contributed by atoms with Gasteiger partial charge in [-0.1, -0.05) is 12.1 Å². The number of aromatic nitrogens is 1. The van der Waals surface area contributed by atoms with E-state index in [9.17, 15) is 8.42 Å². The number of piperidine rings is 1. The SMILES string of the molecule is Cc1cncc2cccc(S(=O)(=O)N3C[C@H]4CCCN[C@H]4C3)c12. The number of hydrogen-bond acceptors (Lipinski definition) is 4. The molecule has 0 radical (unpaired) electrons. The number of aryl methyl sites for hydroxylation is 1. The molecule has 1 aromatic carbocycles. The van der Waals surface area contributed by atoms with Crippen LogP contribution in [0.15, 0.2) is 35.5 Å². The Hall–Kier alpha value is -1.50. The van der Waals surface area contributed by atoms with Gasteiger partial charge in [-0.15, -0.1) is 0 Å². The highest BCUT2D eigenvalue weighted by Gasteiger charge is 2.40. The van der Waals surface area contributed by atoms with Gasteiger partial charge in [0.25, 0.3) is 0 Å². The maximum atomic E-state index is 13.2. The van der Waals surface area contributed by atoms with Gasteiger partial charge >= 0.3 is 0 Å². The van der Waals surface area contributed by atoms with Crippen molar-refractivity contribution in [1.82, 2.24) is 14.6 Å². The molecule has 1 N–H and O–H groups in total. The van der Waals surface area contributed by atoms with E-state index in [4.69, 9.17) is 0 Å². The van der Waals surface area contributed by atoms with E-state index in [-0.39, 0.29) is 0 Å². The molecule has 23 heavy (non-hydrogen) atoms. The third-order valence-electron chi connectivity index (χ3n) is 5.12. The molecule has 0 spiro atoms. The first-order chi connectivity index (χ1) is 11.1. The summed E-state index contributed by atoms with van der Waals surface area (Å²) in [7, 11) is -3.48. The molecule has 122 valence electrons. The minimum atomic E-state index is -3.48. The maximum absolute atomic E-state index is 13.2. The van der Waals surface area contributed by atoms with Crippen molar-refractivity contribution in [1.29, 1.82) is 0 Å². The van der Waals surface area contributed by atoms with Crippen molar-refractivity contribution in [3.63, 3.8) is 0 Å². The molecule has 2 fully saturated rings. The van der Waals surface area contributed by atoms with Crippen LogP contribution in [0.3, 0.4) is 0 Å². The average molecular weight is 331 g/mol. The van der Waals surface area contributed by atoms with Gasteiger partial charge in [0.2, 0.25) is 10.0 Å². The standard InChI is InChI=1S/C17H21N3O2S/c1-12-8-18-9-13-4-2-6-16(17(12)13)23(21,22)20-10-14-5-3-7-19-15(14)11-20/h2,4,6,8-9,14-15,19H,3,5,7,10-11H2,1H3/t14-,15+/m1/s1. The Morgan fingerprint density at radius 2 is 2.13 bits per heavy atom. The molecule has 2 aromatic rings. The smallest absolute Gasteiger partial charge is 0.243 e. The third-order valence-corrected chi connectivity index (χ3v) is 6.99. The van der Waals surface area contributed by atoms with Crippen molar-refractivity contribution in [2.24, 2.45) is 5.92 Å². The van der Waals surface area contributed by atoms with E-state index in [1.165, 1.54) is 0 Å². The molecule has 2 aliphatic rings. The number of nitrogens with zero attached hydrogens (tertiary/aromatic N) is 2. The highest BCUT2D eigenvalue weighted by atomic mass is 32.2. The number of hydrogen-bond donors (Lipinski definition) is 1. The number of rotatable bonds is 2. The van der Waals surface area contributed by atoms with Crippen LogP contribution >= 0.6 is 0 Å². The highest BCUT2D eigenvalue weighted by Crippen LogP contribution is 2.33. The molecule has 3 heterocycles. The topological polar surface area (TPSA) is 62.3 Å². The van der Waals surface area contributed by atoms with E-state index in [0.29, 0.717) is 29.9 Å². The first kappa shape index (κ1) is 15.1. The molecule has 1 aromatic heterocycles. The Bertz CT molecular complexity index is 831. The molecule has 2 atom stereocenters. The summed E-state index contributed by atoms with van der Waals surface area (Å²) >= 11 is 0. The molecule has 0 saturated carbocycles. The van der Waals surface area contributed by atoms with Crippen LogP contribution in [-0.2, 0) is 10.0 Å². The number of pyridine rings is 1. The van der Waals surface area contributed by atoms with Gasteiger partial charge in [0, 0.05) is 42.3 Å². The summed E-state index contributed by atoms with van der Waals surface area (Å²) < 4.78 is 28.1. The molecule has 4 rings (SSSR count). The second-order valence-corrected chi connectivity index (χ2v) is 8.50. The number of nitrogens with one attached hydrogen (secondary N) is 1. The molecule has 2 aliphatic heterocycles. The molecule has 5 nitrogen and oxygen atoms in total. The summed E-state index contributed by atoms with van der Waals surface area (Å²) in [6, 6.07) is 5.74. The van der Waals surface area contributed by atoms with Crippen LogP contribution in [0.2, 0.25) is 0 Å². The quantitative estimate of drug-likeness (QED) is 0.913. The highest BCUT2D eigenvalue weighted by molar-refractivity contribution is 7.89. The Balaban J connectivity index is 1.78. The van der Waals surface area contributed by atoms with E-state index in [2.05, 4.69) is 10.3 Å². The van der Waals surface area contributed by atoms with Crippen molar-refractivity contribution in [3.8, 4) is 0 Å². The van der Waals surface area contributed by atoms with Gasteiger partial charge in [-0.2, -0.15) is 4.31 Å². The fourth-order valence-electron chi connectivity index (χ4n) is 3.93. The second-order valence-electron chi connectivity index (χ2n) is 6.60. The number of fused-ring (bicyclic) bond motifs is 2. The molecule has 0 aliphatic carbocycles. The third kappa shape index (κ3) is 2.45. The molecule has 6 heteroatoms. The van der Waals surface area contributed by atoms with Crippen molar-refractivity contribution in [2.75, 3.05) is 19.6 Å². The Morgan fingerprint density at radius 1 is 1.26 bits per heavy atom. The average Bonchev–Trinajstić information content (AvgIpc) is 2.99. The van der Waals surface area contributed by atoms with E-state index in [1.54, 1.807) is 28.8 Å². The lowest BCUT2D eigenvalue weighted by Gasteiger charge is -2.24. The predicted octanol–water partition coefficient (Wildman–Crippen LogP) is 1.92. The fraction of sp³-hybridized carbons (Fsp3) is 0.471. The van der Waals surface area contributed by atoms with Crippen molar-refractivity contribution >= 4 is 20.8 Å². The largest absolute Gasteiger partial charge is 0.312 e. The van der Waals surface area contributed by atoms with E-state index in [0.717, 1.165) is 35.7 Å². The van der Waals surface area contributed by atoms with Crippen LogP contribution in [0.1, 0.15) is 18.4 Å². The molecule has 0 amide bonds. The summed E-state index contributed by atoms with van der Waals surface area (Å²) in [6.45, 7) is 4.11. The predicted molar refractivity (Wildman–Crippen MR) is 89.8 cm³/mol. The van der Waals surface area contributed by atoms with Gasteiger partial charge in [-0.25, -0.2) is 8.42 Å². The summed E-state index contributed by atoms with van der Waals surface area (Å²) in [6.07, 6.45) is 5.70. The van der Waals surface area contributed by atoms with Crippen LogP contribution in [0.4, 0.5) is 0 Å². The monoisotopic (exact) mass is 331 g/mol. The number of benzene rings is 1. The zero-order valence-electron chi connectivity index (χ0n) is 13.2. The molecular weight excluding hydrogens is 310 g/mol. The summed E-state index contributed by atoms with van der Waals surface area (Å²) in [5.74, 6) is 0.441. The fourth-order valence-corrected chi connectivity index (χ4v) is 5.74.